The van der Waals surface area contributed by atoms with Crippen molar-refractivity contribution in [2.75, 3.05) is 17.2 Å². The Kier molecular flexibility index (Phi) is 5.13. The average Bonchev–Trinajstić information content (AvgIpc) is 2.90. The van der Waals surface area contributed by atoms with E-state index in [1.807, 2.05) is 0 Å². The van der Waals surface area contributed by atoms with E-state index in [1.54, 1.807) is 31.2 Å². The standard InChI is InChI=1S/C13H12ClN3O3S/c1-2-20-11(18)10-7-21-13(16-10)17-12(19)15-9-5-3-8(14)4-6-9/h3-7H,2H2,1H3,(H2,15,16,17,19). The highest BCUT2D eigenvalue weighted by Crippen LogP contribution is 2.17. The summed E-state index contributed by atoms with van der Waals surface area (Å²) < 4.78 is 4.82. The fourth-order valence-corrected chi connectivity index (χ4v) is 2.22. The number of nitrogens with zero attached hydrogens (tertiary/aromatic N) is 1. The number of benzene rings is 1. The third-order valence-corrected chi connectivity index (χ3v) is 3.32. The average molecular weight is 326 g/mol. The van der Waals surface area contributed by atoms with Crippen molar-refractivity contribution in [3.8, 4) is 0 Å². The van der Waals surface area contributed by atoms with Crippen LogP contribution in [0, 0.1) is 0 Å². The van der Waals surface area contributed by atoms with Crippen LogP contribution in [0.25, 0.3) is 0 Å². The number of amides is 2. The molecule has 1 aromatic carbocycles. The quantitative estimate of drug-likeness (QED) is 0.841. The van der Waals surface area contributed by atoms with Crippen LogP contribution >= 0.6 is 22.9 Å². The highest BCUT2D eigenvalue weighted by Gasteiger charge is 2.13. The summed E-state index contributed by atoms with van der Waals surface area (Å²) in [6.45, 7) is 1.99. The fourth-order valence-electron chi connectivity index (χ4n) is 1.42. The first kappa shape index (κ1) is 15.3. The highest BCUT2D eigenvalue weighted by molar-refractivity contribution is 7.14. The maximum absolute atomic E-state index is 11.8. The van der Waals surface area contributed by atoms with Gasteiger partial charge in [-0.25, -0.2) is 14.6 Å². The van der Waals surface area contributed by atoms with E-state index in [0.717, 1.165) is 11.3 Å². The zero-order valence-corrected chi connectivity index (χ0v) is 12.6. The summed E-state index contributed by atoms with van der Waals surface area (Å²) in [4.78, 5) is 27.2. The number of nitrogens with one attached hydrogen (secondary N) is 2. The van der Waals surface area contributed by atoms with Gasteiger partial charge in [0.25, 0.3) is 0 Å². The molecule has 0 atom stereocenters. The molecule has 0 radical (unpaired) electrons. The molecule has 1 heterocycles. The Balaban J connectivity index is 1.93. The maximum atomic E-state index is 11.8. The second kappa shape index (κ2) is 7.05. The third kappa shape index (κ3) is 4.44. The molecule has 0 spiro atoms. The number of urea groups is 1. The Hall–Kier alpha value is -2.12. The van der Waals surface area contributed by atoms with Crippen LogP contribution in [-0.2, 0) is 4.74 Å². The molecular formula is C13H12ClN3O3S. The van der Waals surface area contributed by atoms with Crippen LogP contribution in [0.3, 0.4) is 0 Å². The van der Waals surface area contributed by atoms with E-state index in [4.69, 9.17) is 16.3 Å². The molecule has 21 heavy (non-hydrogen) atoms. The number of aromatic nitrogens is 1. The molecule has 0 bridgehead atoms. The van der Waals surface area contributed by atoms with Crippen LogP contribution < -0.4 is 10.6 Å². The van der Waals surface area contributed by atoms with E-state index in [1.165, 1.54) is 5.38 Å². The summed E-state index contributed by atoms with van der Waals surface area (Å²) in [5.74, 6) is -0.514. The minimum atomic E-state index is -0.514. The van der Waals surface area contributed by atoms with Gasteiger partial charge in [0, 0.05) is 16.1 Å². The van der Waals surface area contributed by atoms with Crippen molar-refractivity contribution in [1.29, 1.82) is 0 Å². The molecule has 0 fully saturated rings. The molecule has 2 amide bonds. The predicted octanol–water partition coefficient (Wildman–Crippen LogP) is 3.62. The van der Waals surface area contributed by atoms with Gasteiger partial charge >= 0.3 is 12.0 Å². The molecule has 2 aromatic rings. The summed E-state index contributed by atoms with van der Waals surface area (Å²) in [5.41, 5.74) is 0.766. The largest absolute Gasteiger partial charge is 0.461 e. The topological polar surface area (TPSA) is 80.3 Å². The van der Waals surface area contributed by atoms with Crippen LogP contribution in [0.5, 0.6) is 0 Å². The zero-order chi connectivity index (χ0) is 15.2. The zero-order valence-electron chi connectivity index (χ0n) is 11.1. The third-order valence-electron chi connectivity index (χ3n) is 2.31. The molecule has 8 heteroatoms. The summed E-state index contributed by atoms with van der Waals surface area (Å²) in [7, 11) is 0. The van der Waals surface area contributed by atoms with Crippen molar-refractivity contribution >= 4 is 45.8 Å². The van der Waals surface area contributed by atoms with Crippen molar-refractivity contribution < 1.29 is 14.3 Å². The lowest BCUT2D eigenvalue weighted by Gasteiger charge is -2.05. The number of ether oxygens (including phenoxy) is 1. The Morgan fingerprint density at radius 3 is 2.67 bits per heavy atom. The van der Waals surface area contributed by atoms with E-state index in [-0.39, 0.29) is 12.3 Å². The lowest BCUT2D eigenvalue weighted by atomic mass is 10.3. The number of hydrogen-bond acceptors (Lipinski definition) is 5. The number of rotatable bonds is 4. The molecule has 0 aliphatic rings. The highest BCUT2D eigenvalue weighted by atomic mass is 35.5. The second-order valence-corrected chi connectivity index (χ2v) is 5.14. The first-order chi connectivity index (χ1) is 10.1. The molecule has 0 aliphatic heterocycles. The molecule has 110 valence electrons. The summed E-state index contributed by atoms with van der Waals surface area (Å²) in [5, 5.41) is 7.58. The molecule has 0 aliphatic carbocycles. The van der Waals surface area contributed by atoms with Crippen molar-refractivity contribution in [3.05, 3.63) is 40.4 Å². The fraction of sp³-hybridized carbons (Fsp3) is 0.154. The van der Waals surface area contributed by atoms with Crippen LogP contribution in [-0.4, -0.2) is 23.6 Å². The Morgan fingerprint density at radius 2 is 2.00 bits per heavy atom. The minimum Gasteiger partial charge on any atom is -0.461 e. The number of esters is 1. The number of halogens is 1. The van der Waals surface area contributed by atoms with Gasteiger partial charge in [-0.1, -0.05) is 11.6 Å². The van der Waals surface area contributed by atoms with Gasteiger partial charge in [-0.3, -0.25) is 5.32 Å². The van der Waals surface area contributed by atoms with Gasteiger partial charge in [0.1, 0.15) is 0 Å². The van der Waals surface area contributed by atoms with Crippen LogP contribution in [0.1, 0.15) is 17.4 Å². The van der Waals surface area contributed by atoms with Gasteiger partial charge in [0.15, 0.2) is 10.8 Å². The van der Waals surface area contributed by atoms with Crippen molar-refractivity contribution in [2.24, 2.45) is 0 Å². The molecule has 0 unspecified atom stereocenters. The Morgan fingerprint density at radius 1 is 1.29 bits per heavy atom. The van der Waals surface area contributed by atoms with Gasteiger partial charge in [-0.2, -0.15) is 0 Å². The monoisotopic (exact) mass is 325 g/mol. The van der Waals surface area contributed by atoms with Gasteiger partial charge in [0.2, 0.25) is 0 Å². The number of carbonyl (C=O) groups is 2. The first-order valence-electron chi connectivity index (χ1n) is 6.04. The van der Waals surface area contributed by atoms with E-state index in [2.05, 4.69) is 15.6 Å². The number of carbonyl (C=O) groups excluding carboxylic acids is 2. The molecule has 0 saturated carbocycles. The maximum Gasteiger partial charge on any atom is 0.357 e. The van der Waals surface area contributed by atoms with Gasteiger partial charge < -0.3 is 10.1 Å². The normalized spacial score (nSPS) is 10.0. The smallest absolute Gasteiger partial charge is 0.357 e. The molecule has 6 nitrogen and oxygen atoms in total. The molecule has 0 saturated heterocycles. The molecule has 1 aromatic heterocycles. The van der Waals surface area contributed by atoms with E-state index >= 15 is 0 Å². The minimum absolute atomic E-state index is 0.170. The van der Waals surface area contributed by atoms with E-state index in [0.29, 0.717) is 15.8 Å². The van der Waals surface area contributed by atoms with E-state index < -0.39 is 12.0 Å². The van der Waals surface area contributed by atoms with Crippen LogP contribution in [0.4, 0.5) is 15.6 Å². The molecule has 2 N–H and O–H groups in total. The van der Waals surface area contributed by atoms with Crippen LogP contribution in [0.15, 0.2) is 29.6 Å². The summed E-state index contributed by atoms with van der Waals surface area (Å²) in [6, 6.07) is 6.22. The lowest BCUT2D eigenvalue weighted by Crippen LogP contribution is -2.19. The summed E-state index contributed by atoms with van der Waals surface area (Å²) in [6.07, 6.45) is 0. The first-order valence-corrected chi connectivity index (χ1v) is 7.30. The van der Waals surface area contributed by atoms with Crippen molar-refractivity contribution in [2.45, 2.75) is 6.92 Å². The second-order valence-electron chi connectivity index (χ2n) is 3.84. The van der Waals surface area contributed by atoms with Gasteiger partial charge in [0.05, 0.1) is 6.61 Å². The van der Waals surface area contributed by atoms with Crippen molar-refractivity contribution in [3.63, 3.8) is 0 Å². The molecular weight excluding hydrogens is 314 g/mol. The predicted molar refractivity (Wildman–Crippen MR) is 82.2 cm³/mol. The van der Waals surface area contributed by atoms with Crippen LogP contribution in [0.2, 0.25) is 5.02 Å². The Labute approximate surface area is 130 Å². The Bertz CT molecular complexity index is 642. The van der Waals surface area contributed by atoms with Crippen molar-refractivity contribution in [1.82, 2.24) is 4.98 Å². The summed E-state index contributed by atoms with van der Waals surface area (Å²) >= 11 is 6.90. The van der Waals surface area contributed by atoms with Gasteiger partial charge in [-0.05, 0) is 31.2 Å². The number of anilines is 2. The SMILES string of the molecule is CCOC(=O)c1csc(NC(=O)Nc2ccc(Cl)cc2)n1. The lowest BCUT2D eigenvalue weighted by molar-refractivity contribution is 0.0520. The number of thiazole rings is 1. The number of hydrogen-bond donors (Lipinski definition) is 2. The van der Waals surface area contributed by atoms with E-state index in [9.17, 15) is 9.59 Å². The molecule has 2 rings (SSSR count). The van der Waals surface area contributed by atoms with Gasteiger partial charge in [-0.15, -0.1) is 11.3 Å².